The first kappa shape index (κ1) is 8.75. The van der Waals surface area contributed by atoms with Crippen molar-refractivity contribution in [3.8, 4) is 0 Å². The van der Waals surface area contributed by atoms with Crippen LogP contribution >= 0.6 is 0 Å². The first-order valence-corrected chi connectivity index (χ1v) is 4.50. The van der Waals surface area contributed by atoms with Crippen LogP contribution in [0.1, 0.15) is 11.1 Å². The van der Waals surface area contributed by atoms with E-state index in [0.29, 0.717) is 5.57 Å². The summed E-state index contributed by atoms with van der Waals surface area (Å²) < 4.78 is 0. The van der Waals surface area contributed by atoms with Crippen molar-refractivity contribution in [3.63, 3.8) is 0 Å². The zero-order valence-corrected chi connectivity index (χ0v) is 7.79. The van der Waals surface area contributed by atoms with Crippen LogP contribution in [-0.2, 0) is 4.79 Å². The Morgan fingerprint density at radius 3 is 3.14 bits per heavy atom. The third kappa shape index (κ3) is 1.46. The van der Waals surface area contributed by atoms with E-state index in [-0.39, 0.29) is 0 Å². The number of fused-ring (bicyclic) bond motifs is 1. The largest absolute Gasteiger partial charge is 0.381 e. The van der Waals surface area contributed by atoms with Gasteiger partial charge >= 0.3 is 0 Å². The fourth-order valence-electron chi connectivity index (χ4n) is 1.48. The summed E-state index contributed by atoms with van der Waals surface area (Å²) in [6.07, 6.45) is 4.88. The van der Waals surface area contributed by atoms with Gasteiger partial charge in [-0.05, 0) is 23.3 Å². The summed E-state index contributed by atoms with van der Waals surface area (Å²) in [6.45, 7) is 4.54. The molecule has 14 heavy (non-hydrogen) atoms. The lowest BCUT2D eigenvalue weighted by Gasteiger charge is -2.13. The Balaban J connectivity index is 2.45. The molecule has 1 N–H and O–H groups in total. The van der Waals surface area contributed by atoms with Crippen molar-refractivity contribution in [1.29, 1.82) is 0 Å². The van der Waals surface area contributed by atoms with E-state index in [9.17, 15) is 4.79 Å². The van der Waals surface area contributed by atoms with Crippen LogP contribution in [0.4, 0.5) is 5.69 Å². The first-order chi connectivity index (χ1) is 6.81. The molecule has 0 spiro atoms. The third-order valence-corrected chi connectivity index (χ3v) is 2.27. The van der Waals surface area contributed by atoms with Gasteiger partial charge in [-0.15, -0.1) is 0 Å². The lowest BCUT2D eigenvalue weighted by molar-refractivity contribution is -0.103. The number of carbonyl (C=O) groups excluding carboxylic acids is 1. The summed E-state index contributed by atoms with van der Waals surface area (Å²) in [4.78, 5) is 10.5. The molecule has 0 radical (unpaired) electrons. The SMILES string of the molecule is C=C(C=O)c1ccc2c(c1)C=CCN2. The van der Waals surface area contributed by atoms with Crippen molar-refractivity contribution in [2.45, 2.75) is 0 Å². The second kappa shape index (κ2) is 3.50. The Kier molecular flexibility index (Phi) is 2.19. The van der Waals surface area contributed by atoms with Gasteiger partial charge in [-0.3, -0.25) is 4.79 Å². The number of anilines is 1. The van der Waals surface area contributed by atoms with Crippen molar-refractivity contribution in [2.75, 3.05) is 11.9 Å². The number of benzene rings is 1. The predicted octanol–water partition coefficient (Wildman–Crippen LogP) is 2.34. The lowest BCUT2D eigenvalue weighted by atomic mass is 10.0. The number of hydrogen-bond donors (Lipinski definition) is 1. The number of rotatable bonds is 2. The average molecular weight is 185 g/mol. The van der Waals surface area contributed by atoms with Crippen LogP contribution in [0, 0.1) is 0 Å². The monoisotopic (exact) mass is 185 g/mol. The standard InChI is InChI=1S/C12H11NO/c1-9(8-14)10-4-5-12-11(7-10)3-2-6-13-12/h2-5,7-8,13H,1,6H2. The van der Waals surface area contributed by atoms with Crippen molar-refractivity contribution in [3.05, 3.63) is 42.0 Å². The van der Waals surface area contributed by atoms with Gasteiger partial charge in [0.05, 0.1) is 0 Å². The summed E-state index contributed by atoms with van der Waals surface area (Å²) in [5.74, 6) is 0. The zero-order chi connectivity index (χ0) is 9.97. The van der Waals surface area contributed by atoms with Crippen molar-refractivity contribution < 1.29 is 4.79 Å². The Bertz CT molecular complexity index is 418. The average Bonchev–Trinajstić information content (AvgIpc) is 2.27. The van der Waals surface area contributed by atoms with E-state index < -0.39 is 0 Å². The van der Waals surface area contributed by atoms with E-state index in [2.05, 4.69) is 18.0 Å². The Morgan fingerprint density at radius 2 is 2.36 bits per heavy atom. The fraction of sp³-hybridized carbons (Fsp3) is 0.0833. The lowest BCUT2D eigenvalue weighted by Crippen LogP contribution is -2.04. The van der Waals surface area contributed by atoms with Gasteiger partial charge in [-0.1, -0.05) is 24.8 Å². The Labute approximate surface area is 82.9 Å². The maximum Gasteiger partial charge on any atom is 0.150 e. The van der Waals surface area contributed by atoms with E-state index in [1.54, 1.807) is 0 Å². The molecule has 70 valence electrons. The molecule has 1 aromatic carbocycles. The summed E-state index contributed by atoms with van der Waals surface area (Å²) in [6, 6.07) is 5.85. The molecule has 0 atom stereocenters. The van der Waals surface area contributed by atoms with Crippen molar-refractivity contribution >= 4 is 23.6 Å². The van der Waals surface area contributed by atoms with E-state index in [4.69, 9.17) is 0 Å². The summed E-state index contributed by atoms with van der Waals surface area (Å²) in [7, 11) is 0. The molecule has 0 aromatic heterocycles. The molecule has 0 fully saturated rings. The van der Waals surface area contributed by atoms with Gasteiger partial charge in [0.15, 0.2) is 0 Å². The van der Waals surface area contributed by atoms with Gasteiger partial charge < -0.3 is 5.32 Å². The van der Waals surface area contributed by atoms with Gasteiger partial charge in [0.1, 0.15) is 6.29 Å². The highest BCUT2D eigenvalue weighted by molar-refractivity contribution is 6.06. The maximum atomic E-state index is 10.5. The smallest absolute Gasteiger partial charge is 0.150 e. The molecule has 2 heteroatoms. The topological polar surface area (TPSA) is 29.1 Å². The Hall–Kier alpha value is -1.83. The molecule has 1 heterocycles. The fourth-order valence-corrected chi connectivity index (χ4v) is 1.48. The highest BCUT2D eigenvalue weighted by Gasteiger charge is 2.05. The number of carbonyl (C=O) groups is 1. The molecule has 0 amide bonds. The van der Waals surface area contributed by atoms with E-state index in [1.165, 1.54) is 0 Å². The Morgan fingerprint density at radius 1 is 1.50 bits per heavy atom. The summed E-state index contributed by atoms with van der Waals surface area (Å²) in [5, 5.41) is 3.24. The van der Waals surface area contributed by atoms with Crippen LogP contribution < -0.4 is 5.32 Å². The third-order valence-electron chi connectivity index (χ3n) is 2.27. The second-order valence-electron chi connectivity index (χ2n) is 3.23. The van der Waals surface area contributed by atoms with Crippen LogP contribution in [0.2, 0.25) is 0 Å². The van der Waals surface area contributed by atoms with Crippen LogP contribution in [0.25, 0.3) is 11.6 Å². The van der Waals surface area contributed by atoms with E-state index in [0.717, 1.165) is 29.6 Å². The normalized spacial score (nSPS) is 12.9. The molecule has 1 aliphatic rings. The highest BCUT2D eigenvalue weighted by atomic mass is 16.1. The van der Waals surface area contributed by atoms with E-state index in [1.807, 2.05) is 24.3 Å². The highest BCUT2D eigenvalue weighted by Crippen LogP contribution is 2.24. The molecule has 0 aliphatic carbocycles. The van der Waals surface area contributed by atoms with Crippen molar-refractivity contribution in [1.82, 2.24) is 0 Å². The summed E-state index contributed by atoms with van der Waals surface area (Å²) in [5.41, 5.74) is 3.62. The van der Waals surface area contributed by atoms with Gasteiger partial charge in [-0.25, -0.2) is 0 Å². The van der Waals surface area contributed by atoms with Gasteiger partial charge in [-0.2, -0.15) is 0 Å². The number of aldehydes is 1. The number of allylic oxidation sites excluding steroid dienone is 1. The molecule has 0 bridgehead atoms. The van der Waals surface area contributed by atoms with Gasteiger partial charge in [0, 0.05) is 17.8 Å². The van der Waals surface area contributed by atoms with Gasteiger partial charge in [0.2, 0.25) is 0 Å². The minimum atomic E-state index is 0.520. The zero-order valence-electron chi connectivity index (χ0n) is 7.79. The van der Waals surface area contributed by atoms with Crippen LogP contribution in [0.3, 0.4) is 0 Å². The molecule has 2 nitrogen and oxygen atoms in total. The summed E-state index contributed by atoms with van der Waals surface area (Å²) >= 11 is 0. The van der Waals surface area contributed by atoms with Crippen LogP contribution in [0.5, 0.6) is 0 Å². The number of nitrogens with one attached hydrogen (secondary N) is 1. The first-order valence-electron chi connectivity index (χ1n) is 4.50. The quantitative estimate of drug-likeness (QED) is 0.566. The van der Waals surface area contributed by atoms with E-state index >= 15 is 0 Å². The molecule has 1 aliphatic heterocycles. The minimum Gasteiger partial charge on any atom is -0.381 e. The minimum absolute atomic E-state index is 0.520. The molecule has 2 rings (SSSR count). The molecule has 0 saturated heterocycles. The molecule has 1 aromatic rings. The van der Waals surface area contributed by atoms with Crippen molar-refractivity contribution in [2.24, 2.45) is 0 Å². The van der Waals surface area contributed by atoms with Gasteiger partial charge in [0.25, 0.3) is 0 Å². The number of hydrogen-bond acceptors (Lipinski definition) is 2. The predicted molar refractivity (Wildman–Crippen MR) is 59.1 cm³/mol. The van der Waals surface area contributed by atoms with Crippen LogP contribution in [0.15, 0.2) is 30.9 Å². The maximum absolute atomic E-state index is 10.5. The molecular weight excluding hydrogens is 174 g/mol. The van der Waals surface area contributed by atoms with Crippen LogP contribution in [-0.4, -0.2) is 12.8 Å². The second-order valence-corrected chi connectivity index (χ2v) is 3.23. The molecule has 0 unspecified atom stereocenters. The molecule has 0 saturated carbocycles. The molecular formula is C12H11NO.